The monoisotopic (exact) mass is 410 g/mol. The summed E-state index contributed by atoms with van der Waals surface area (Å²) in [4.78, 5) is 20.1. The Morgan fingerprint density at radius 2 is 1.97 bits per heavy atom. The number of halogens is 2. The van der Waals surface area contributed by atoms with Crippen molar-refractivity contribution in [1.29, 1.82) is 0 Å². The standard InChI is InChI=1S/C22H20F2N4O2/c1-11-4-5-16(19(6-11)30-22(23)24)17-9-15-7-14(10-25-21(15)26-17)8-18(29)20-12(2)13(3)27-28-20/h4-7,9-10,22H,8H2,1-3H3,(H,25,26)(H,27,28). The minimum absolute atomic E-state index is 0.0938. The molecule has 0 saturated carbocycles. The number of Topliss-reactive ketones (excluding diaryl/α,β-unsaturated/α-hetero) is 1. The number of ether oxygens (including phenoxy) is 1. The molecule has 30 heavy (non-hydrogen) atoms. The number of rotatable bonds is 6. The fourth-order valence-electron chi connectivity index (χ4n) is 3.37. The van der Waals surface area contributed by atoms with E-state index in [-0.39, 0.29) is 18.0 Å². The molecule has 0 unspecified atom stereocenters. The largest absolute Gasteiger partial charge is 0.434 e. The van der Waals surface area contributed by atoms with Crippen molar-refractivity contribution in [1.82, 2.24) is 20.2 Å². The van der Waals surface area contributed by atoms with Crippen LogP contribution < -0.4 is 4.74 Å². The maximum absolute atomic E-state index is 12.8. The van der Waals surface area contributed by atoms with Crippen LogP contribution in [-0.2, 0) is 6.42 Å². The molecule has 3 aromatic heterocycles. The lowest BCUT2D eigenvalue weighted by molar-refractivity contribution is -0.0494. The van der Waals surface area contributed by atoms with Crippen LogP contribution in [0.25, 0.3) is 22.3 Å². The predicted molar refractivity (Wildman–Crippen MR) is 109 cm³/mol. The predicted octanol–water partition coefficient (Wildman–Crippen LogP) is 4.91. The van der Waals surface area contributed by atoms with Crippen molar-refractivity contribution >= 4 is 16.8 Å². The summed E-state index contributed by atoms with van der Waals surface area (Å²) >= 11 is 0. The molecule has 0 aliphatic rings. The molecule has 3 heterocycles. The smallest absolute Gasteiger partial charge is 0.387 e. The lowest BCUT2D eigenvalue weighted by Crippen LogP contribution is -2.06. The lowest BCUT2D eigenvalue weighted by Gasteiger charge is -2.10. The van der Waals surface area contributed by atoms with Crippen LogP contribution in [0.15, 0.2) is 36.5 Å². The molecule has 0 saturated heterocycles. The average molecular weight is 410 g/mol. The topological polar surface area (TPSA) is 83.7 Å². The first kappa shape index (κ1) is 19.8. The van der Waals surface area contributed by atoms with Crippen LogP contribution in [-0.4, -0.2) is 32.6 Å². The van der Waals surface area contributed by atoms with Crippen LogP contribution in [0.3, 0.4) is 0 Å². The molecular weight excluding hydrogens is 390 g/mol. The molecule has 6 nitrogen and oxygen atoms in total. The van der Waals surface area contributed by atoms with E-state index in [4.69, 9.17) is 0 Å². The number of aromatic nitrogens is 4. The minimum atomic E-state index is -2.92. The van der Waals surface area contributed by atoms with Gasteiger partial charge in [0.1, 0.15) is 17.1 Å². The fraction of sp³-hybridized carbons (Fsp3) is 0.227. The average Bonchev–Trinajstić information content (AvgIpc) is 3.24. The van der Waals surface area contributed by atoms with Crippen molar-refractivity contribution in [2.24, 2.45) is 0 Å². The van der Waals surface area contributed by atoms with Gasteiger partial charge in [0.2, 0.25) is 0 Å². The fourth-order valence-corrected chi connectivity index (χ4v) is 3.37. The Balaban J connectivity index is 1.65. The molecule has 0 spiro atoms. The Morgan fingerprint density at radius 3 is 2.67 bits per heavy atom. The van der Waals surface area contributed by atoms with Gasteiger partial charge in [-0.2, -0.15) is 13.9 Å². The van der Waals surface area contributed by atoms with Gasteiger partial charge in [-0.25, -0.2) is 4.98 Å². The Bertz CT molecular complexity index is 1240. The summed E-state index contributed by atoms with van der Waals surface area (Å²) in [6.07, 6.45) is 1.79. The van der Waals surface area contributed by atoms with Gasteiger partial charge in [0.25, 0.3) is 0 Å². The number of carbonyl (C=O) groups is 1. The second-order valence-corrected chi connectivity index (χ2v) is 7.26. The molecule has 0 aliphatic carbocycles. The molecule has 4 rings (SSSR count). The Labute approximate surface area is 171 Å². The van der Waals surface area contributed by atoms with Crippen molar-refractivity contribution in [3.63, 3.8) is 0 Å². The molecule has 0 fully saturated rings. The quantitative estimate of drug-likeness (QED) is 0.443. The van der Waals surface area contributed by atoms with Gasteiger partial charge in [-0.1, -0.05) is 6.07 Å². The number of H-pyrrole nitrogens is 2. The number of hydrogen-bond acceptors (Lipinski definition) is 4. The molecule has 154 valence electrons. The number of aromatic amines is 2. The number of nitrogens with zero attached hydrogens (tertiary/aromatic N) is 2. The molecule has 0 radical (unpaired) electrons. The lowest BCUT2D eigenvalue weighted by atomic mass is 10.0. The van der Waals surface area contributed by atoms with Crippen LogP contribution >= 0.6 is 0 Å². The van der Waals surface area contributed by atoms with Crippen LogP contribution in [0, 0.1) is 20.8 Å². The molecule has 0 amide bonds. The Morgan fingerprint density at radius 1 is 1.17 bits per heavy atom. The maximum Gasteiger partial charge on any atom is 0.387 e. The van der Waals surface area contributed by atoms with E-state index in [0.717, 1.165) is 27.8 Å². The van der Waals surface area contributed by atoms with Gasteiger partial charge in [0.15, 0.2) is 5.78 Å². The van der Waals surface area contributed by atoms with Gasteiger partial charge in [0.05, 0.1) is 5.69 Å². The van der Waals surface area contributed by atoms with E-state index in [1.54, 1.807) is 25.3 Å². The van der Waals surface area contributed by atoms with Crippen molar-refractivity contribution in [3.05, 3.63) is 64.6 Å². The number of aryl methyl sites for hydroxylation is 2. The number of benzene rings is 1. The van der Waals surface area contributed by atoms with Crippen molar-refractivity contribution in [3.8, 4) is 17.0 Å². The minimum Gasteiger partial charge on any atom is -0.434 e. The highest BCUT2D eigenvalue weighted by Gasteiger charge is 2.17. The normalized spacial score (nSPS) is 11.4. The number of alkyl halides is 2. The maximum atomic E-state index is 12.8. The van der Waals surface area contributed by atoms with Gasteiger partial charge in [-0.15, -0.1) is 0 Å². The number of pyridine rings is 1. The van der Waals surface area contributed by atoms with E-state index in [2.05, 4.69) is 24.9 Å². The second kappa shape index (κ2) is 7.70. The first-order valence-corrected chi connectivity index (χ1v) is 9.40. The highest BCUT2D eigenvalue weighted by atomic mass is 19.3. The summed E-state index contributed by atoms with van der Waals surface area (Å²) in [5, 5.41) is 7.67. The summed E-state index contributed by atoms with van der Waals surface area (Å²) in [7, 11) is 0. The van der Waals surface area contributed by atoms with E-state index in [9.17, 15) is 13.6 Å². The molecule has 0 aliphatic heterocycles. The third-order valence-corrected chi connectivity index (χ3v) is 5.05. The number of hydrogen-bond donors (Lipinski definition) is 2. The molecule has 2 N–H and O–H groups in total. The molecule has 1 aromatic carbocycles. The SMILES string of the molecule is Cc1ccc(-c2cc3cc(CC(=O)c4n[nH]c(C)c4C)cnc3[nH]2)c(OC(F)F)c1. The first-order chi connectivity index (χ1) is 14.3. The number of fused-ring (bicyclic) bond motifs is 1. The summed E-state index contributed by atoms with van der Waals surface area (Å²) < 4.78 is 30.3. The van der Waals surface area contributed by atoms with Crippen LogP contribution in [0.2, 0.25) is 0 Å². The first-order valence-electron chi connectivity index (χ1n) is 9.40. The number of carbonyl (C=O) groups excluding carboxylic acids is 1. The molecular formula is C22H20F2N4O2. The van der Waals surface area contributed by atoms with Gasteiger partial charge in [-0.3, -0.25) is 9.89 Å². The number of nitrogens with one attached hydrogen (secondary N) is 2. The van der Waals surface area contributed by atoms with Crippen LogP contribution in [0.4, 0.5) is 8.78 Å². The summed E-state index contributed by atoms with van der Waals surface area (Å²) in [5.74, 6) is -0.00347. The summed E-state index contributed by atoms with van der Waals surface area (Å²) in [5.41, 5.74) is 5.40. The van der Waals surface area contributed by atoms with E-state index in [1.807, 2.05) is 32.0 Å². The Kier molecular flexibility index (Phi) is 5.07. The van der Waals surface area contributed by atoms with E-state index in [1.165, 1.54) is 0 Å². The zero-order chi connectivity index (χ0) is 21.4. The molecule has 0 atom stereocenters. The van der Waals surface area contributed by atoms with Crippen molar-refractivity contribution in [2.45, 2.75) is 33.8 Å². The van der Waals surface area contributed by atoms with E-state index < -0.39 is 6.61 Å². The van der Waals surface area contributed by atoms with Crippen LogP contribution in [0.5, 0.6) is 5.75 Å². The number of ketones is 1. The molecule has 0 bridgehead atoms. The van der Waals surface area contributed by atoms with Gasteiger partial charge >= 0.3 is 6.61 Å². The van der Waals surface area contributed by atoms with Crippen molar-refractivity contribution in [2.75, 3.05) is 0 Å². The van der Waals surface area contributed by atoms with E-state index >= 15 is 0 Å². The van der Waals surface area contributed by atoms with Gasteiger partial charge < -0.3 is 9.72 Å². The van der Waals surface area contributed by atoms with Crippen LogP contribution in [0.1, 0.15) is 32.9 Å². The summed E-state index contributed by atoms with van der Waals surface area (Å²) in [6, 6.07) is 8.79. The second-order valence-electron chi connectivity index (χ2n) is 7.26. The Hall–Kier alpha value is -3.55. The van der Waals surface area contributed by atoms with Gasteiger partial charge in [0, 0.05) is 34.8 Å². The third kappa shape index (κ3) is 3.80. The highest BCUT2D eigenvalue weighted by molar-refractivity contribution is 5.97. The third-order valence-electron chi connectivity index (χ3n) is 5.05. The highest BCUT2D eigenvalue weighted by Crippen LogP contribution is 2.33. The van der Waals surface area contributed by atoms with E-state index in [0.29, 0.717) is 22.6 Å². The zero-order valence-corrected chi connectivity index (χ0v) is 16.7. The zero-order valence-electron chi connectivity index (χ0n) is 16.7. The van der Waals surface area contributed by atoms with Gasteiger partial charge in [-0.05, 0) is 56.2 Å². The molecule has 8 heteroatoms. The van der Waals surface area contributed by atoms with Crippen molar-refractivity contribution < 1.29 is 18.3 Å². The molecule has 4 aromatic rings. The summed E-state index contributed by atoms with van der Waals surface area (Å²) in [6.45, 7) is 2.61.